The van der Waals surface area contributed by atoms with Crippen LogP contribution in [-0.2, 0) is 23.4 Å². The number of hydrogen-bond donors (Lipinski definition) is 2. The van der Waals surface area contributed by atoms with E-state index < -0.39 is 68.4 Å². The lowest BCUT2D eigenvalue weighted by molar-refractivity contribution is -0.149. The minimum Gasteiger partial charge on any atom is -0.462 e. The zero-order valence-electron chi connectivity index (χ0n) is 19.2. The third-order valence-electron chi connectivity index (χ3n) is 4.74. The predicted molar refractivity (Wildman–Crippen MR) is 119 cm³/mol. The van der Waals surface area contributed by atoms with Crippen molar-refractivity contribution in [2.45, 2.75) is 57.6 Å². The molecule has 2 unspecified atom stereocenters. The number of rotatable bonds is 10. The predicted octanol–water partition coefficient (Wildman–Crippen LogP) is 2.59. The number of nitrogens with one attached hydrogen (secondary N) is 2. The minimum atomic E-state index is -4.29. The van der Waals surface area contributed by atoms with Gasteiger partial charge < -0.3 is 14.0 Å². The number of aromatic amines is 1. The second kappa shape index (κ2) is 10.8. The largest absolute Gasteiger partial charge is 0.462 e. The fraction of sp³-hybridized carbons (Fsp3) is 0.476. The molecule has 14 heteroatoms. The molecule has 0 radical (unpaired) electrons. The number of carbonyl (C=O) groups is 1. The maximum atomic E-state index is 14.6. The van der Waals surface area contributed by atoms with Crippen molar-refractivity contribution in [2.75, 3.05) is 6.61 Å². The molecule has 1 aliphatic rings. The van der Waals surface area contributed by atoms with Gasteiger partial charge in [0.25, 0.3) is 11.5 Å². The number of alkyl halides is 2. The first-order valence-corrected chi connectivity index (χ1v) is 12.2. The highest BCUT2D eigenvalue weighted by atomic mass is 31.2. The van der Waals surface area contributed by atoms with Crippen molar-refractivity contribution >= 4 is 13.7 Å². The van der Waals surface area contributed by atoms with E-state index in [1.165, 1.54) is 19.1 Å². The maximum Gasteiger partial charge on any atom is 0.459 e. The number of aromatic nitrogens is 2. The molecule has 11 nitrogen and oxygen atoms in total. The van der Waals surface area contributed by atoms with Crippen LogP contribution < -0.4 is 20.9 Å². The summed E-state index contributed by atoms with van der Waals surface area (Å²) in [6.45, 7) is 4.05. The molecule has 2 N–H and O–H groups in total. The van der Waals surface area contributed by atoms with E-state index >= 15 is 0 Å². The summed E-state index contributed by atoms with van der Waals surface area (Å²) in [7, 11) is -4.29. The third-order valence-corrected chi connectivity index (χ3v) is 6.39. The lowest BCUT2D eigenvalue weighted by Gasteiger charge is -2.24. The number of halogens is 2. The van der Waals surface area contributed by atoms with Gasteiger partial charge in [0.1, 0.15) is 11.8 Å². The number of nitrogens with zero attached hydrogens (tertiary/aromatic N) is 1. The highest BCUT2D eigenvalue weighted by molar-refractivity contribution is 7.52. The quantitative estimate of drug-likeness (QED) is 0.360. The fourth-order valence-corrected chi connectivity index (χ4v) is 4.75. The van der Waals surface area contributed by atoms with Gasteiger partial charge in [-0.15, -0.1) is 0 Å². The van der Waals surface area contributed by atoms with Gasteiger partial charge >= 0.3 is 19.4 Å². The van der Waals surface area contributed by atoms with Crippen molar-refractivity contribution in [1.29, 1.82) is 0 Å². The Morgan fingerprint density at radius 3 is 2.57 bits per heavy atom. The van der Waals surface area contributed by atoms with E-state index in [2.05, 4.69) is 5.09 Å². The van der Waals surface area contributed by atoms with Gasteiger partial charge in [-0.3, -0.25) is 23.7 Å². The second-order valence-corrected chi connectivity index (χ2v) is 9.82. The molecule has 0 saturated carbocycles. The third kappa shape index (κ3) is 7.07. The molecule has 1 aliphatic heterocycles. The van der Waals surface area contributed by atoms with Gasteiger partial charge in [0.2, 0.25) is 6.23 Å². The highest BCUT2D eigenvalue weighted by Crippen LogP contribution is 2.47. The van der Waals surface area contributed by atoms with E-state index in [1.54, 1.807) is 32.0 Å². The zero-order valence-corrected chi connectivity index (χ0v) is 20.1. The fourth-order valence-electron chi connectivity index (χ4n) is 3.23. The Balaban J connectivity index is 1.75. The van der Waals surface area contributed by atoms with Crippen LogP contribution in [0.25, 0.3) is 0 Å². The summed E-state index contributed by atoms with van der Waals surface area (Å²) in [5.41, 5.74) is -1.82. The summed E-state index contributed by atoms with van der Waals surface area (Å²) in [6.07, 6.45) is -3.69. The molecule has 3 rings (SSSR count). The van der Waals surface area contributed by atoms with Crippen LogP contribution in [0.5, 0.6) is 5.75 Å². The number of esters is 1. The lowest BCUT2D eigenvalue weighted by Crippen LogP contribution is -2.37. The molecular formula is C21H26F2N3O8P. The smallest absolute Gasteiger partial charge is 0.459 e. The van der Waals surface area contributed by atoms with Crippen LogP contribution in [0.2, 0.25) is 0 Å². The Kier molecular flexibility index (Phi) is 8.26. The summed E-state index contributed by atoms with van der Waals surface area (Å²) in [4.78, 5) is 37.3. The van der Waals surface area contributed by atoms with E-state index in [-0.39, 0.29) is 5.75 Å². The highest BCUT2D eigenvalue weighted by Gasteiger charge is 2.52. The zero-order chi connectivity index (χ0) is 25.8. The number of para-hydroxylation sites is 1. The van der Waals surface area contributed by atoms with Crippen molar-refractivity contribution in [3.05, 3.63) is 63.4 Å². The van der Waals surface area contributed by atoms with E-state index in [1.807, 2.05) is 4.98 Å². The normalized spacial score (nSPS) is 21.9. The van der Waals surface area contributed by atoms with Crippen molar-refractivity contribution in [1.82, 2.24) is 14.6 Å². The van der Waals surface area contributed by atoms with Gasteiger partial charge in [0.05, 0.1) is 18.8 Å². The second-order valence-electron chi connectivity index (χ2n) is 8.13. The van der Waals surface area contributed by atoms with Crippen LogP contribution in [0.15, 0.2) is 52.2 Å². The van der Waals surface area contributed by atoms with E-state index in [0.717, 1.165) is 12.3 Å². The van der Waals surface area contributed by atoms with Crippen LogP contribution in [0.4, 0.5) is 8.78 Å². The van der Waals surface area contributed by atoms with Crippen molar-refractivity contribution in [3.8, 4) is 5.75 Å². The van der Waals surface area contributed by atoms with Crippen LogP contribution in [0, 0.1) is 0 Å². The summed E-state index contributed by atoms with van der Waals surface area (Å²) in [5.74, 6) is -4.08. The van der Waals surface area contributed by atoms with Gasteiger partial charge in [-0.05, 0) is 32.9 Å². The Hall–Kier alpha value is -2.86. The molecule has 2 aromatic rings. The van der Waals surface area contributed by atoms with Crippen LogP contribution in [0.1, 0.15) is 33.4 Å². The molecule has 1 fully saturated rings. The summed E-state index contributed by atoms with van der Waals surface area (Å²) in [6, 6.07) is 7.70. The Morgan fingerprint density at radius 1 is 1.26 bits per heavy atom. The average Bonchev–Trinajstić information content (AvgIpc) is 3.06. The van der Waals surface area contributed by atoms with Crippen molar-refractivity contribution in [2.24, 2.45) is 0 Å². The number of benzene rings is 1. The Morgan fingerprint density at radius 2 is 1.94 bits per heavy atom. The first kappa shape index (κ1) is 26.7. The van der Waals surface area contributed by atoms with Gasteiger partial charge in [-0.2, -0.15) is 5.09 Å². The summed E-state index contributed by atoms with van der Waals surface area (Å²) < 4.78 is 64.5. The maximum absolute atomic E-state index is 14.6. The molecule has 4 atom stereocenters. The molecule has 0 amide bonds. The molecule has 1 aromatic carbocycles. The summed E-state index contributed by atoms with van der Waals surface area (Å²) >= 11 is 0. The number of H-pyrrole nitrogens is 1. The number of carbonyl (C=O) groups excluding carboxylic acids is 1. The van der Waals surface area contributed by atoms with Gasteiger partial charge in [0, 0.05) is 18.7 Å². The summed E-state index contributed by atoms with van der Waals surface area (Å²) in [5, 5.41) is 2.45. The molecule has 0 aliphatic carbocycles. The molecule has 1 saturated heterocycles. The molecule has 0 spiro atoms. The van der Waals surface area contributed by atoms with Gasteiger partial charge in [-0.25, -0.2) is 18.1 Å². The Bertz CT molecular complexity index is 1190. The SMILES string of the molecule is CC(C)OC(=O)[C@H](C)NP(=O)(OC[C@@H]1CC(F)(F)C(n2ccc(=O)[nH]c2=O)O1)Oc1ccccc1. The topological polar surface area (TPSA) is 138 Å². The first-order valence-electron chi connectivity index (χ1n) is 10.7. The van der Waals surface area contributed by atoms with E-state index in [4.69, 9.17) is 18.5 Å². The minimum absolute atomic E-state index is 0.142. The molecule has 0 bridgehead atoms. The lowest BCUT2D eigenvalue weighted by atomic mass is 10.2. The first-order chi connectivity index (χ1) is 16.4. The van der Waals surface area contributed by atoms with Gasteiger partial charge in [-0.1, -0.05) is 18.2 Å². The number of hydrogen-bond acceptors (Lipinski definition) is 8. The molecule has 1 aromatic heterocycles. The monoisotopic (exact) mass is 517 g/mol. The standard InChI is InChI=1S/C21H26F2N3O8P/c1-13(2)32-18(28)14(3)25-35(30,34-15-7-5-4-6-8-15)31-12-16-11-21(22,23)19(33-16)26-10-9-17(27)24-20(26)29/h4-10,13-14,16,19H,11-12H2,1-3H3,(H,25,30)(H,24,27,29)/t14-,16-,19?,35?/m0/s1. The molecule has 2 heterocycles. The van der Waals surface area contributed by atoms with Crippen LogP contribution in [-0.4, -0.2) is 46.3 Å². The Labute approximate surface area is 198 Å². The molecule has 35 heavy (non-hydrogen) atoms. The molecular weight excluding hydrogens is 491 g/mol. The van der Waals surface area contributed by atoms with Crippen LogP contribution in [0.3, 0.4) is 0 Å². The molecule has 192 valence electrons. The van der Waals surface area contributed by atoms with Crippen molar-refractivity contribution in [3.63, 3.8) is 0 Å². The van der Waals surface area contributed by atoms with Crippen LogP contribution >= 0.6 is 7.75 Å². The number of ether oxygens (including phenoxy) is 2. The van der Waals surface area contributed by atoms with Crippen molar-refractivity contribution < 1.29 is 36.7 Å². The van der Waals surface area contributed by atoms with Gasteiger partial charge in [0.15, 0.2) is 0 Å². The van der Waals surface area contributed by atoms with E-state index in [9.17, 15) is 27.7 Å². The average molecular weight is 517 g/mol. The van der Waals surface area contributed by atoms with E-state index in [0.29, 0.717) is 4.57 Å².